The molecule has 8 nitrogen and oxygen atoms in total. The van der Waals surface area contributed by atoms with Gasteiger partial charge in [-0.1, -0.05) is 0 Å². The molecule has 6 N–H and O–H groups in total. The van der Waals surface area contributed by atoms with E-state index in [0.717, 1.165) is 0 Å². The van der Waals surface area contributed by atoms with E-state index in [1.54, 1.807) is 0 Å². The van der Waals surface area contributed by atoms with E-state index in [1.807, 2.05) is 0 Å². The van der Waals surface area contributed by atoms with Crippen molar-refractivity contribution >= 4 is 16.9 Å². The maximum Gasteiger partial charge on any atom is 0.217 e. The van der Waals surface area contributed by atoms with Crippen molar-refractivity contribution in [2.24, 2.45) is 0 Å². The quantitative estimate of drug-likeness (QED) is 0.400. The van der Waals surface area contributed by atoms with E-state index in [9.17, 15) is 24.5 Å². The third-order valence-corrected chi connectivity index (χ3v) is 3.39. The summed E-state index contributed by atoms with van der Waals surface area (Å²) in [6.07, 6.45) is -4.96. The minimum Gasteiger partial charge on any atom is -0.394 e. The van der Waals surface area contributed by atoms with Gasteiger partial charge in [-0.05, 0) is 12.1 Å². The molecule has 0 radical (unpaired) electrons. The fraction of sp³-hybridized carbons (Fsp3) is 0.429. The number of aliphatic hydroxyl groups is 4. The van der Waals surface area contributed by atoms with Crippen molar-refractivity contribution in [3.8, 4) is 0 Å². The van der Waals surface area contributed by atoms with Crippen LogP contribution < -0.4 is 5.32 Å². The Morgan fingerprint density at radius 1 is 1.35 bits per heavy atom. The lowest BCUT2D eigenvalue weighted by atomic mass is 10.0. The molecule has 1 aromatic carbocycles. The Balaban J connectivity index is 2.37. The van der Waals surface area contributed by atoms with Crippen LogP contribution in [0.25, 0.3) is 11.0 Å². The van der Waals surface area contributed by atoms with Crippen molar-refractivity contribution in [1.82, 2.24) is 15.3 Å². The number of H-pyrrole nitrogens is 1. The molecule has 0 aliphatic rings. The average Bonchev–Trinajstić information content (AvgIpc) is 2.92. The highest BCUT2D eigenvalue weighted by Crippen LogP contribution is 2.22. The van der Waals surface area contributed by atoms with Crippen molar-refractivity contribution < 1.29 is 29.6 Å². The summed E-state index contributed by atoms with van der Waals surface area (Å²) in [6, 6.07) is 2.65. The predicted molar refractivity (Wildman–Crippen MR) is 77.7 cm³/mol. The second-order valence-electron chi connectivity index (χ2n) is 5.19. The molecule has 0 spiro atoms. The van der Waals surface area contributed by atoms with Crippen LogP contribution in [0.1, 0.15) is 18.8 Å². The average molecular weight is 327 g/mol. The highest BCUT2D eigenvalue weighted by atomic mass is 19.1. The van der Waals surface area contributed by atoms with Crippen molar-refractivity contribution in [1.29, 1.82) is 0 Å². The Labute approximate surface area is 130 Å². The number of halogens is 1. The maximum atomic E-state index is 13.2. The van der Waals surface area contributed by atoms with Gasteiger partial charge in [-0.3, -0.25) is 4.79 Å². The SMILES string of the molecule is CC(=O)N[C@H](c1nc2cc(F)ccc2[nH]1)C(O)C(O)C(O)CO. The zero-order chi connectivity index (χ0) is 17.1. The summed E-state index contributed by atoms with van der Waals surface area (Å²) in [7, 11) is 0. The lowest BCUT2D eigenvalue weighted by Crippen LogP contribution is -2.47. The topological polar surface area (TPSA) is 139 Å². The van der Waals surface area contributed by atoms with Crippen LogP contribution in [0.2, 0.25) is 0 Å². The Kier molecular flexibility index (Phi) is 5.26. The number of amides is 1. The molecular formula is C14H18FN3O5. The number of nitrogens with zero attached hydrogens (tertiary/aromatic N) is 1. The molecule has 1 aromatic heterocycles. The summed E-state index contributed by atoms with van der Waals surface area (Å²) in [4.78, 5) is 18.2. The molecule has 2 aromatic rings. The predicted octanol–water partition coefficient (Wildman–Crippen LogP) is -1.05. The van der Waals surface area contributed by atoms with Gasteiger partial charge in [-0.15, -0.1) is 0 Å². The molecule has 4 atom stereocenters. The van der Waals surface area contributed by atoms with Gasteiger partial charge >= 0.3 is 0 Å². The van der Waals surface area contributed by atoms with Crippen LogP contribution in [0.3, 0.4) is 0 Å². The smallest absolute Gasteiger partial charge is 0.217 e. The number of rotatable bonds is 6. The molecule has 0 fully saturated rings. The number of carbonyl (C=O) groups excluding carboxylic acids is 1. The second kappa shape index (κ2) is 7.01. The Morgan fingerprint density at radius 3 is 2.65 bits per heavy atom. The summed E-state index contributed by atoms with van der Waals surface area (Å²) < 4.78 is 13.2. The minimum absolute atomic E-state index is 0.0810. The first-order valence-electron chi connectivity index (χ1n) is 6.90. The highest BCUT2D eigenvalue weighted by Gasteiger charge is 2.34. The minimum atomic E-state index is -1.72. The zero-order valence-corrected chi connectivity index (χ0v) is 12.3. The third-order valence-electron chi connectivity index (χ3n) is 3.39. The van der Waals surface area contributed by atoms with Crippen LogP contribution in [0, 0.1) is 5.82 Å². The Hall–Kier alpha value is -2.07. The van der Waals surface area contributed by atoms with Crippen LogP contribution in [0.15, 0.2) is 18.2 Å². The molecule has 0 aliphatic heterocycles. The molecule has 3 unspecified atom stereocenters. The monoisotopic (exact) mass is 327 g/mol. The molecule has 1 amide bonds. The first-order valence-corrected chi connectivity index (χ1v) is 6.90. The molecule has 0 bridgehead atoms. The Bertz CT molecular complexity index is 692. The van der Waals surface area contributed by atoms with Gasteiger partial charge in [-0.2, -0.15) is 0 Å². The van der Waals surface area contributed by atoms with Gasteiger partial charge in [0.25, 0.3) is 0 Å². The number of carbonyl (C=O) groups is 1. The lowest BCUT2D eigenvalue weighted by molar-refractivity contribution is -0.123. The van der Waals surface area contributed by atoms with E-state index in [4.69, 9.17) is 5.11 Å². The summed E-state index contributed by atoms with van der Waals surface area (Å²) in [6.45, 7) is 0.438. The van der Waals surface area contributed by atoms with E-state index in [0.29, 0.717) is 5.52 Å². The fourth-order valence-electron chi connectivity index (χ4n) is 2.21. The van der Waals surface area contributed by atoms with E-state index in [2.05, 4.69) is 15.3 Å². The molecule has 0 saturated heterocycles. The number of hydrogen-bond donors (Lipinski definition) is 6. The molecule has 126 valence electrons. The van der Waals surface area contributed by atoms with Crippen LogP contribution >= 0.6 is 0 Å². The summed E-state index contributed by atoms with van der Waals surface area (Å²) >= 11 is 0. The van der Waals surface area contributed by atoms with Crippen LogP contribution in [0.4, 0.5) is 4.39 Å². The van der Waals surface area contributed by atoms with Gasteiger partial charge in [0.15, 0.2) is 0 Å². The summed E-state index contributed by atoms with van der Waals surface area (Å²) in [5.41, 5.74) is 0.751. The van der Waals surface area contributed by atoms with E-state index >= 15 is 0 Å². The molecule has 1 heterocycles. The zero-order valence-electron chi connectivity index (χ0n) is 12.3. The summed E-state index contributed by atoms with van der Waals surface area (Å²) in [5.74, 6) is -0.924. The number of imidazole rings is 1. The van der Waals surface area contributed by atoms with Crippen LogP contribution in [-0.4, -0.2) is 61.2 Å². The largest absolute Gasteiger partial charge is 0.394 e. The Morgan fingerprint density at radius 2 is 2.04 bits per heavy atom. The van der Waals surface area contributed by atoms with Gasteiger partial charge in [0, 0.05) is 13.0 Å². The van der Waals surface area contributed by atoms with Crippen molar-refractivity contribution in [2.45, 2.75) is 31.3 Å². The van der Waals surface area contributed by atoms with Gasteiger partial charge in [0.1, 0.15) is 36.0 Å². The van der Waals surface area contributed by atoms with E-state index < -0.39 is 42.7 Å². The lowest BCUT2D eigenvalue weighted by Gasteiger charge is -2.28. The fourth-order valence-corrected chi connectivity index (χ4v) is 2.21. The molecule has 9 heteroatoms. The van der Waals surface area contributed by atoms with Gasteiger partial charge in [0.05, 0.1) is 17.6 Å². The van der Waals surface area contributed by atoms with Gasteiger partial charge < -0.3 is 30.7 Å². The number of aromatic nitrogens is 2. The van der Waals surface area contributed by atoms with E-state index in [1.165, 1.54) is 25.1 Å². The van der Waals surface area contributed by atoms with Crippen molar-refractivity contribution in [3.05, 3.63) is 29.8 Å². The molecular weight excluding hydrogens is 309 g/mol. The molecule has 23 heavy (non-hydrogen) atoms. The second-order valence-corrected chi connectivity index (χ2v) is 5.19. The number of hydrogen-bond acceptors (Lipinski definition) is 6. The number of fused-ring (bicyclic) bond motifs is 1. The standard InChI is InChI=1S/C14H18FN3O5/c1-6(20)16-11(13(23)12(22)10(21)5-19)14-17-8-3-2-7(15)4-9(8)18-14/h2-4,10-13,19,21-23H,5H2,1H3,(H,16,20)(H,17,18)/t10?,11-,12?,13?/m0/s1. The number of nitrogens with one attached hydrogen (secondary N) is 2. The number of aromatic amines is 1. The molecule has 0 aliphatic carbocycles. The first-order chi connectivity index (χ1) is 10.8. The third kappa shape index (κ3) is 3.82. The van der Waals surface area contributed by atoms with Crippen LogP contribution in [-0.2, 0) is 4.79 Å². The van der Waals surface area contributed by atoms with Crippen molar-refractivity contribution in [2.75, 3.05) is 6.61 Å². The number of aliphatic hydroxyl groups excluding tert-OH is 4. The number of benzene rings is 1. The van der Waals surface area contributed by atoms with Gasteiger partial charge in [0.2, 0.25) is 5.91 Å². The first kappa shape index (κ1) is 17.3. The van der Waals surface area contributed by atoms with Crippen LogP contribution in [0.5, 0.6) is 0 Å². The molecule has 0 saturated carbocycles. The molecule has 2 rings (SSSR count). The summed E-state index contributed by atoms with van der Waals surface area (Å²) in [5, 5.41) is 40.7. The van der Waals surface area contributed by atoms with Gasteiger partial charge in [-0.25, -0.2) is 9.37 Å². The maximum absolute atomic E-state index is 13.2. The normalized spacial score (nSPS) is 16.8. The van der Waals surface area contributed by atoms with E-state index in [-0.39, 0.29) is 11.3 Å². The highest BCUT2D eigenvalue weighted by molar-refractivity contribution is 5.76. The van der Waals surface area contributed by atoms with Crippen molar-refractivity contribution in [3.63, 3.8) is 0 Å².